The van der Waals surface area contributed by atoms with Crippen LogP contribution >= 0.6 is 0 Å². The average molecular weight is 257 g/mol. The minimum atomic E-state index is 0.672. The molecule has 0 aliphatic rings. The van der Waals surface area contributed by atoms with Gasteiger partial charge in [0.15, 0.2) is 0 Å². The van der Waals surface area contributed by atoms with E-state index in [4.69, 9.17) is 0 Å². The lowest BCUT2D eigenvalue weighted by Crippen LogP contribution is -2.09. The summed E-state index contributed by atoms with van der Waals surface area (Å²) in [6, 6.07) is 4.08. The summed E-state index contributed by atoms with van der Waals surface area (Å²) in [7, 11) is 1.85. The van der Waals surface area contributed by atoms with Crippen molar-refractivity contribution in [2.45, 2.75) is 26.8 Å². The molecule has 19 heavy (non-hydrogen) atoms. The number of pyridine rings is 1. The molecule has 2 aromatic heterocycles. The van der Waals surface area contributed by atoms with Crippen LogP contribution in [0.15, 0.2) is 24.7 Å². The minimum absolute atomic E-state index is 0.672. The summed E-state index contributed by atoms with van der Waals surface area (Å²) in [5.41, 5.74) is 3.34. The second kappa shape index (κ2) is 6.13. The summed E-state index contributed by atoms with van der Waals surface area (Å²) in [5, 5.41) is 6.37. The number of anilines is 2. The van der Waals surface area contributed by atoms with Crippen LogP contribution in [0.5, 0.6) is 0 Å². The van der Waals surface area contributed by atoms with Gasteiger partial charge in [0.05, 0.1) is 12.2 Å². The highest BCUT2D eigenvalue weighted by atomic mass is 15.1. The molecule has 0 aromatic carbocycles. The van der Waals surface area contributed by atoms with Crippen molar-refractivity contribution in [1.82, 2.24) is 15.0 Å². The molecule has 0 saturated carbocycles. The Morgan fingerprint density at radius 3 is 2.68 bits per heavy atom. The fraction of sp³-hybridized carbons (Fsp3) is 0.357. The number of aromatic nitrogens is 3. The SMILES string of the molecule is CCc1cccnc1CNc1ncnc(NC)c1C. The first-order valence-corrected chi connectivity index (χ1v) is 6.42. The number of rotatable bonds is 5. The third-order valence-electron chi connectivity index (χ3n) is 3.11. The van der Waals surface area contributed by atoms with E-state index in [1.807, 2.05) is 26.2 Å². The molecule has 2 rings (SSSR count). The Morgan fingerprint density at radius 2 is 1.95 bits per heavy atom. The van der Waals surface area contributed by atoms with Crippen LogP contribution in [0.2, 0.25) is 0 Å². The van der Waals surface area contributed by atoms with Gasteiger partial charge in [-0.05, 0) is 25.0 Å². The molecule has 0 unspecified atom stereocenters. The second-order valence-electron chi connectivity index (χ2n) is 4.26. The molecular formula is C14H19N5. The Morgan fingerprint density at radius 1 is 1.16 bits per heavy atom. The molecule has 0 spiro atoms. The van der Waals surface area contributed by atoms with E-state index in [-0.39, 0.29) is 0 Å². The molecule has 0 aliphatic carbocycles. The van der Waals surface area contributed by atoms with Gasteiger partial charge in [-0.15, -0.1) is 0 Å². The summed E-state index contributed by atoms with van der Waals surface area (Å²) in [6.45, 7) is 4.80. The standard InChI is InChI=1S/C14H19N5/c1-4-11-6-5-7-16-12(11)8-17-14-10(2)13(15-3)18-9-19-14/h5-7,9H,4,8H2,1-3H3,(H2,15,17,18,19). The van der Waals surface area contributed by atoms with Gasteiger partial charge < -0.3 is 10.6 Å². The number of nitrogens with zero attached hydrogens (tertiary/aromatic N) is 3. The molecule has 0 saturated heterocycles. The van der Waals surface area contributed by atoms with Crippen LogP contribution in [0.4, 0.5) is 11.6 Å². The molecule has 2 aromatic rings. The van der Waals surface area contributed by atoms with Crippen molar-refractivity contribution in [3.63, 3.8) is 0 Å². The first kappa shape index (κ1) is 13.3. The highest BCUT2D eigenvalue weighted by Gasteiger charge is 2.07. The van der Waals surface area contributed by atoms with E-state index >= 15 is 0 Å². The first-order valence-electron chi connectivity index (χ1n) is 6.42. The first-order chi connectivity index (χ1) is 9.26. The number of hydrogen-bond donors (Lipinski definition) is 2. The van der Waals surface area contributed by atoms with Crippen molar-refractivity contribution < 1.29 is 0 Å². The Hall–Kier alpha value is -2.17. The predicted molar refractivity (Wildman–Crippen MR) is 77.3 cm³/mol. The van der Waals surface area contributed by atoms with E-state index in [0.29, 0.717) is 6.54 Å². The topological polar surface area (TPSA) is 62.7 Å². The van der Waals surface area contributed by atoms with Crippen LogP contribution in [-0.2, 0) is 13.0 Å². The molecule has 0 amide bonds. The smallest absolute Gasteiger partial charge is 0.134 e. The quantitative estimate of drug-likeness (QED) is 0.861. The maximum atomic E-state index is 4.42. The van der Waals surface area contributed by atoms with Crippen LogP contribution in [0.25, 0.3) is 0 Å². The number of hydrogen-bond acceptors (Lipinski definition) is 5. The van der Waals surface area contributed by atoms with Crippen molar-refractivity contribution in [1.29, 1.82) is 0 Å². The Bertz CT molecular complexity index is 553. The lowest BCUT2D eigenvalue weighted by Gasteiger charge is -2.12. The maximum absolute atomic E-state index is 4.42. The molecule has 5 heteroatoms. The van der Waals surface area contributed by atoms with Crippen molar-refractivity contribution in [3.05, 3.63) is 41.5 Å². The number of nitrogens with one attached hydrogen (secondary N) is 2. The largest absolute Gasteiger partial charge is 0.373 e. The molecule has 100 valence electrons. The summed E-state index contributed by atoms with van der Waals surface area (Å²) < 4.78 is 0. The molecule has 2 N–H and O–H groups in total. The molecule has 0 bridgehead atoms. The molecule has 0 atom stereocenters. The van der Waals surface area contributed by atoms with Gasteiger partial charge >= 0.3 is 0 Å². The van der Waals surface area contributed by atoms with E-state index in [9.17, 15) is 0 Å². The van der Waals surface area contributed by atoms with Gasteiger partial charge in [0, 0.05) is 18.8 Å². The molecule has 2 heterocycles. The van der Waals surface area contributed by atoms with Crippen LogP contribution < -0.4 is 10.6 Å². The summed E-state index contributed by atoms with van der Waals surface area (Å²) in [6.07, 6.45) is 4.36. The predicted octanol–water partition coefficient (Wildman–Crippen LogP) is 2.40. The van der Waals surface area contributed by atoms with Crippen LogP contribution in [0.1, 0.15) is 23.7 Å². The van der Waals surface area contributed by atoms with Crippen LogP contribution in [-0.4, -0.2) is 22.0 Å². The summed E-state index contributed by atoms with van der Waals surface area (Å²) >= 11 is 0. The van der Waals surface area contributed by atoms with E-state index in [2.05, 4.69) is 38.6 Å². The van der Waals surface area contributed by atoms with E-state index in [1.165, 1.54) is 5.56 Å². The zero-order valence-electron chi connectivity index (χ0n) is 11.6. The molecule has 0 radical (unpaired) electrons. The molecule has 0 aliphatic heterocycles. The van der Waals surface area contributed by atoms with Crippen molar-refractivity contribution in [2.75, 3.05) is 17.7 Å². The highest BCUT2D eigenvalue weighted by Crippen LogP contribution is 2.18. The third kappa shape index (κ3) is 2.99. The molecular weight excluding hydrogens is 238 g/mol. The zero-order chi connectivity index (χ0) is 13.7. The normalized spacial score (nSPS) is 10.3. The van der Waals surface area contributed by atoms with Crippen LogP contribution in [0, 0.1) is 6.92 Å². The van der Waals surface area contributed by atoms with Gasteiger partial charge in [-0.1, -0.05) is 13.0 Å². The van der Waals surface area contributed by atoms with Crippen molar-refractivity contribution >= 4 is 11.6 Å². The zero-order valence-corrected chi connectivity index (χ0v) is 11.6. The van der Waals surface area contributed by atoms with Gasteiger partial charge in [0.2, 0.25) is 0 Å². The van der Waals surface area contributed by atoms with E-state index < -0.39 is 0 Å². The van der Waals surface area contributed by atoms with Gasteiger partial charge in [-0.2, -0.15) is 0 Å². The van der Waals surface area contributed by atoms with Gasteiger partial charge in [0.1, 0.15) is 18.0 Å². The van der Waals surface area contributed by atoms with E-state index in [0.717, 1.165) is 29.3 Å². The second-order valence-corrected chi connectivity index (χ2v) is 4.26. The summed E-state index contributed by atoms with van der Waals surface area (Å²) in [4.78, 5) is 12.9. The van der Waals surface area contributed by atoms with Crippen LogP contribution in [0.3, 0.4) is 0 Å². The number of aryl methyl sites for hydroxylation is 1. The summed E-state index contributed by atoms with van der Waals surface area (Å²) in [5.74, 6) is 1.68. The van der Waals surface area contributed by atoms with Crippen molar-refractivity contribution in [2.24, 2.45) is 0 Å². The van der Waals surface area contributed by atoms with Gasteiger partial charge in [0.25, 0.3) is 0 Å². The minimum Gasteiger partial charge on any atom is -0.373 e. The van der Waals surface area contributed by atoms with Crippen molar-refractivity contribution in [3.8, 4) is 0 Å². The average Bonchev–Trinajstić information content (AvgIpc) is 2.46. The van der Waals surface area contributed by atoms with Gasteiger partial charge in [-0.3, -0.25) is 4.98 Å². The third-order valence-corrected chi connectivity index (χ3v) is 3.11. The Labute approximate surface area is 113 Å². The Kier molecular flexibility index (Phi) is 4.28. The molecule has 0 fully saturated rings. The lowest BCUT2D eigenvalue weighted by molar-refractivity contribution is 0.957. The maximum Gasteiger partial charge on any atom is 0.134 e. The van der Waals surface area contributed by atoms with Gasteiger partial charge in [-0.25, -0.2) is 9.97 Å². The van der Waals surface area contributed by atoms with E-state index in [1.54, 1.807) is 6.33 Å². The fourth-order valence-electron chi connectivity index (χ4n) is 2.00. The highest BCUT2D eigenvalue weighted by molar-refractivity contribution is 5.56. The fourth-order valence-corrected chi connectivity index (χ4v) is 2.00. The monoisotopic (exact) mass is 257 g/mol. The molecule has 5 nitrogen and oxygen atoms in total. The Balaban J connectivity index is 2.15. The lowest BCUT2D eigenvalue weighted by atomic mass is 10.1.